The Morgan fingerprint density at radius 1 is 1.69 bits per heavy atom. The quantitative estimate of drug-likeness (QED) is 0.302. The fourth-order valence-electron chi connectivity index (χ4n) is 1.88. The second-order valence-corrected chi connectivity index (χ2v) is 3.64. The summed E-state index contributed by atoms with van der Waals surface area (Å²) < 4.78 is 15.4. The SMILES string of the molecule is CC(=O)O[C@H]1C(N=[N+]=[N-])[C@@H]2OCC(O2)[C@H]1O. The van der Waals surface area contributed by atoms with Crippen molar-refractivity contribution in [3.8, 4) is 0 Å². The van der Waals surface area contributed by atoms with Crippen LogP contribution < -0.4 is 0 Å². The molecule has 2 aliphatic heterocycles. The fraction of sp³-hybridized carbons (Fsp3) is 0.875. The van der Waals surface area contributed by atoms with Crippen molar-refractivity contribution in [1.29, 1.82) is 0 Å². The Bertz CT molecular complexity index is 343. The molecule has 0 radical (unpaired) electrons. The van der Waals surface area contributed by atoms with Crippen LogP contribution in [0.25, 0.3) is 10.4 Å². The van der Waals surface area contributed by atoms with Gasteiger partial charge in [-0.25, -0.2) is 0 Å². The molecule has 2 heterocycles. The van der Waals surface area contributed by atoms with Crippen molar-refractivity contribution in [2.75, 3.05) is 6.61 Å². The van der Waals surface area contributed by atoms with Gasteiger partial charge in [-0.1, -0.05) is 5.11 Å². The van der Waals surface area contributed by atoms with Gasteiger partial charge < -0.3 is 19.3 Å². The number of rotatable bonds is 2. The molecule has 2 bridgehead atoms. The minimum atomic E-state index is -1.04. The normalized spacial score (nSPS) is 41.2. The molecule has 0 saturated carbocycles. The van der Waals surface area contributed by atoms with Crippen molar-refractivity contribution in [3.63, 3.8) is 0 Å². The van der Waals surface area contributed by atoms with Crippen LogP contribution in [0.5, 0.6) is 0 Å². The van der Waals surface area contributed by atoms with Gasteiger partial charge >= 0.3 is 5.97 Å². The maximum absolute atomic E-state index is 10.9. The first-order chi connectivity index (χ1) is 7.63. The Kier molecular flexibility index (Phi) is 2.97. The third-order valence-corrected chi connectivity index (χ3v) is 2.55. The van der Waals surface area contributed by atoms with Gasteiger partial charge in [-0.15, -0.1) is 0 Å². The van der Waals surface area contributed by atoms with Crippen LogP contribution in [0.15, 0.2) is 5.11 Å². The summed E-state index contributed by atoms with van der Waals surface area (Å²) in [6.07, 6.45) is -3.26. The number of fused-ring (bicyclic) bond motifs is 2. The Labute approximate surface area is 90.7 Å². The zero-order valence-corrected chi connectivity index (χ0v) is 8.52. The molecule has 2 rings (SSSR count). The Balaban J connectivity index is 2.22. The summed E-state index contributed by atoms with van der Waals surface area (Å²) in [4.78, 5) is 13.5. The molecule has 0 aromatic heterocycles. The van der Waals surface area contributed by atoms with Crippen molar-refractivity contribution < 1.29 is 24.1 Å². The van der Waals surface area contributed by atoms with Crippen LogP contribution >= 0.6 is 0 Å². The van der Waals surface area contributed by atoms with Gasteiger partial charge in [0.05, 0.1) is 6.61 Å². The van der Waals surface area contributed by atoms with E-state index < -0.39 is 36.6 Å². The van der Waals surface area contributed by atoms with E-state index in [0.29, 0.717) is 0 Å². The molecule has 2 aliphatic rings. The number of hydrogen-bond donors (Lipinski definition) is 1. The van der Waals surface area contributed by atoms with Gasteiger partial charge in [0.1, 0.15) is 24.4 Å². The largest absolute Gasteiger partial charge is 0.459 e. The number of ether oxygens (including phenoxy) is 3. The summed E-state index contributed by atoms with van der Waals surface area (Å²) in [7, 11) is 0. The number of carbonyl (C=O) groups excluding carboxylic acids is 1. The van der Waals surface area contributed by atoms with E-state index in [9.17, 15) is 9.90 Å². The zero-order valence-electron chi connectivity index (χ0n) is 8.52. The Hall–Kier alpha value is -1.34. The van der Waals surface area contributed by atoms with Gasteiger partial charge in [0.25, 0.3) is 0 Å². The molecule has 1 N–H and O–H groups in total. The molecule has 0 aliphatic carbocycles. The predicted molar refractivity (Wildman–Crippen MR) is 49.1 cm³/mol. The lowest BCUT2D eigenvalue weighted by molar-refractivity contribution is -0.196. The molecule has 8 nitrogen and oxygen atoms in total. The van der Waals surface area contributed by atoms with Gasteiger partial charge in [0, 0.05) is 11.8 Å². The van der Waals surface area contributed by atoms with Crippen molar-refractivity contribution in [1.82, 2.24) is 0 Å². The smallest absolute Gasteiger partial charge is 0.303 e. The van der Waals surface area contributed by atoms with Crippen LogP contribution in [0.3, 0.4) is 0 Å². The number of nitrogens with zero attached hydrogens (tertiary/aromatic N) is 3. The van der Waals surface area contributed by atoms with E-state index in [1.165, 1.54) is 6.92 Å². The molecule has 16 heavy (non-hydrogen) atoms. The van der Waals surface area contributed by atoms with Crippen LogP contribution in [-0.2, 0) is 19.0 Å². The van der Waals surface area contributed by atoms with E-state index in [1.54, 1.807) is 0 Å². The molecule has 0 aromatic rings. The predicted octanol–water partition coefficient (Wildman–Crippen LogP) is -0.287. The molecule has 5 atom stereocenters. The molecule has 0 amide bonds. The fourth-order valence-corrected chi connectivity index (χ4v) is 1.88. The zero-order chi connectivity index (χ0) is 11.7. The highest BCUT2D eigenvalue weighted by molar-refractivity contribution is 5.66. The number of esters is 1. The van der Waals surface area contributed by atoms with Crippen LogP contribution in [0.2, 0.25) is 0 Å². The molecule has 0 aromatic carbocycles. The van der Waals surface area contributed by atoms with Crippen molar-refractivity contribution in [2.24, 2.45) is 5.11 Å². The molecular weight excluding hydrogens is 218 g/mol. The van der Waals surface area contributed by atoms with Crippen LogP contribution in [0.1, 0.15) is 6.92 Å². The number of aliphatic hydroxyl groups excluding tert-OH is 1. The standard InChI is InChI=1S/C8H11N3O5/c1-3(12)15-7-5(10-11-9)8-14-2-4(16-8)6(7)13/h4-8,13H,2H2,1H3/t4?,5?,6-,7+,8-/m1/s1. The molecule has 88 valence electrons. The van der Waals surface area contributed by atoms with E-state index in [0.717, 1.165) is 0 Å². The first kappa shape index (κ1) is 11.2. The van der Waals surface area contributed by atoms with Crippen LogP contribution in [0, 0.1) is 0 Å². The third kappa shape index (κ3) is 1.83. The maximum Gasteiger partial charge on any atom is 0.303 e. The summed E-state index contributed by atoms with van der Waals surface area (Å²) in [5.74, 6) is -0.552. The van der Waals surface area contributed by atoms with Gasteiger partial charge in [-0.05, 0) is 5.53 Å². The monoisotopic (exact) mass is 229 g/mol. The van der Waals surface area contributed by atoms with E-state index in [2.05, 4.69) is 10.0 Å². The number of azide groups is 1. The van der Waals surface area contributed by atoms with E-state index in [-0.39, 0.29) is 6.61 Å². The van der Waals surface area contributed by atoms with Crippen LogP contribution in [-0.4, -0.2) is 48.3 Å². The van der Waals surface area contributed by atoms with Crippen molar-refractivity contribution in [3.05, 3.63) is 10.4 Å². The van der Waals surface area contributed by atoms with Crippen LogP contribution in [0.4, 0.5) is 0 Å². The minimum absolute atomic E-state index is 0.195. The highest BCUT2D eigenvalue weighted by atomic mass is 16.7. The Morgan fingerprint density at radius 3 is 3.06 bits per heavy atom. The number of carbonyl (C=O) groups is 1. The van der Waals surface area contributed by atoms with E-state index in [4.69, 9.17) is 19.7 Å². The third-order valence-electron chi connectivity index (χ3n) is 2.55. The second kappa shape index (κ2) is 4.26. The van der Waals surface area contributed by atoms with Gasteiger partial charge in [-0.2, -0.15) is 0 Å². The average molecular weight is 229 g/mol. The van der Waals surface area contributed by atoms with Gasteiger partial charge in [0.2, 0.25) is 0 Å². The lowest BCUT2D eigenvalue weighted by atomic mass is 9.99. The lowest BCUT2D eigenvalue weighted by Gasteiger charge is -2.35. The van der Waals surface area contributed by atoms with Crippen molar-refractivity contribution in [2.45, 2.75) is 37.6 Å². The summed E-state index contributed by atoms with van der Waals surface area (Å²) in [6, 6.07) is -0.859. The summed E-state index contributed by atoms with van der Waals surface area (Å²) in [6.45, 7) is 1.42. The first-order valence-corrected chi connectivity index (χ1v) is 4.80. The topological polar surface area (TPSA) is 114 Å². The highest BCUT2D eigenvalue weighted by Crippen LogP contribution is 2.31. The van der Waals surface area contributed by atoms with E-state index >= 15 is 0 Å². The maximum atomic E-state index is 10.9. The Morgan fingerprint density at radius 2 is 2.44 bits per heavy atom. The second-order valence-electron chi connectivity index (χ2n) is 3.64. The van der Waals surface area contributed by atoms with Gasteiger partial charge in [-0.3, -0.25) is 4.79 Å². The number of hydrogen-bond acceptors (Lipinski definition) is 6. The van der Waals surface area contributed by atoms with Gasteiger partial charge in [0.15, 0.2) is 6.29 Å². The lowest BCUT2D eigenvalue weighted by Crippen LogP contribution is -2.54. The van der Waals surface area contributed by atoms with Crippen molar-refractivity contribution >= 4 is 5.97 Å². The average Bonchev–Trinajstić information content (AvgIpc) is 2.66. The molecule has 8 heteroatoms. The minimum Gasteiger partial charge on any atom is -0.459 e. The number of aliphatic hydroxyl groups is 1. The summed E-state index contributed by atoms with van der Waals surface area (Å²) in [5.41, 5.74) is 8.41. The summed E-state index contributed by atoms with van der Waals surface area (Å²) in [5, 5.41) is 13.3. The molecular formula is C8H11N3O5. The molecule has 2 saturated heterocycles. The van der Waals surface area contributed by atoms with E-state index in [1.807, 2.05) is 0 Å². The first-order valence-electron chi connectivity index (χ1n) is 4.80. The molecule has 0 spiro atoms. The molecule has 2 unspecified atom stereocenters. The summed E-state index contributed by atoms with van der Waals surface area (Å²) >= 11 is 0. The highest BCUT2D eigenvalue weighted by Gasteiger charge is 2.51. The molecule has 2 fully saturated rings.